The Morgan fingerprint density at radius 1 is 1.03 bits per heavy atom. The number of piperazine rings is 1. The molecule has 1 amide bonds. The molecule has 182 valence electrons. The molecule has 1 atom stereocenters. The molecule has 1 heterocycles. The molecule has 1 saturated heterocycles. The molecule has 0 aromatic heterocycles. The van der Waals surface area contributed by atoms with Crippen LogP contribution >= 0.6 is 0 Å². The molecule has 34 heavy (non-hydrogen) atoms. The van der Waals surface area contributed by atoms with Crippen LogP contribution in [0.3, 0.4) is 0 Å². The summed E-state index contributed by atoms with van der Waals surface area (Å²) in [5.41, 5.74) is 3.63. The molecular formula is C29H37FN2O2. The minimum Gasteiger partial charge on any atom is -0.337 e. The quantitative estimate of drug-likeness (QED) is 0.546. The van der Waals surface area contributed by atoms with E-state index in [1.165, 1.54) is 6.07 Å². The van der Waals surface area contributed by atoms with Crippen LogP contribution in [0.1, 0.15) is 61.3 Å². The normalized spacial score (nSPS) is 19.5. The zero-order valence-corrected chi connectivity index (χ0v) is 20.6. The van der Waals surface area contributed by atoms with Crippen LogP contribution in [0.15, 0.2) is 42.5 Å². The number of amides is 1. The van der Waals surface area contributed by atoms with E-state index in [0.717, 1.165) is 61.9 Å². The van der Waals surface area contributed by atoms with Gasteiger partial charge in [-0.3, -0.25) is 14.5 Å². The van der Waals surface area contributed by atoms with Gasteiger partial charge in [0.1, 0.15) is 11.6 Å². The number of Topliss-reactive ketones (excluding diaryl/α,β-unsaturated/α-hetero) is 1. The first-order chi connectivity index (χ1) is 16.4. The van der Waals surface area contributed by atoms with Crippen molar-refractivity contribution in [1.29, 1.82) is 0 Å². The average Bonchev–Trinajstić information content (AvgIpc) is 3.38. The lowest BCUT2D eigenvalue weighted by atomic mass is 9.95. The number of rotatable bonds is 8. The van der Waals surface area contributed by atoms with Gasteiger partial charge in [-0.25, -0.2) is 4.39 Å². The Labute approximate surface area is 203 Å². The van der Waals surface area contributed by atoms with Crippen molar-refractivity contribution in [1.82, 2.24) is 9.80 Å². The minimum absolute atomic E-state index is 0.132. The molecule has 2 aromatic carbocycles. The fourth-order valence-corrected chi connectivity index (χ4v) is 5.52. The zero-order chi connectivity index (χ0) is 24.1. The molecule has 1 saturated carbocycles. The first kappa shape index (κ1) is 24.6. The molecule has 1 aliphatic carbocycles. The van der Waals surface area contributed by atoms with Crippen molar-refractivity contribution in [3.8, 4) is 0 Å². The van der Waals surface area contributed by atoms with Gasteiger partial charge in [-0.2, -0.15) is 0 Å². The van der Waals surface area contributed by atoms with Crippen LogP contribution in [0.2, 0.25) is 0 Å². The Bertz CT molecular complexity index is 1000. The van der Waals surface area contributed by atoms with Gasteiger partial charge in [0.25, 0.3) is 0 Å². The summed E-state index contributed by atoms with van der Waals surface area (Å²) < 4.78 is 14.8. The summed E-state index contributed by atoms with van der Waals surface area (Å²) in [6.45, 7) is 6.75. The van der Waals surface area contributed by atoms with Gasteiger partial charge < -0.3 is 4.90 Å². The third-order valence-corrected chi connectivity index (χ3v) is 7.66. The third-order valence-electron chi connectivity index (χ3n) is 7.66. The van der Waals surface area contributed by atoms with Gasteiger partial charge in [0.2, 0.25) is 5.91 Å². The van der Waals surface area contributed by atoms with Crippen molar-refractivity contribution in [3.63, 3.8) is 0 Å². The standard InChI is InChI=1S/C29H37FN2O2/c1-21-19-31(16-17-32(21)29(34)24-10-6-7-11-24)20-27-22(2)25(13-15-28(27)30)18-26(33)14-12-23-8-4-3-5-9-23/h3-5,8-9,13,15,21,24H,6-7,10-12,14,16-20H2,1-2H3/t21-/m0/s1. The maximum atomic E-state index is 14.8. The number of ketones is 1. The highest BCUT2D eigenvalue weighted by Gasteiger charge is 2.33. The van der Waals surface area contributed by atoms with Crippen molar-refractivity contribution < 1.29 is 14.0 Å². The molecule has 0 radical (unpaired) electrons. The molecule has 0 bridgehead atoms. The van der Waals surface area contributed by atoms with E-state index in [1.807, 2.05) is 42.2 Å². The van der Waals surface area contributed by atoms with Crippen LogP contribution in [0.4, 0.5) is 4.39 Å². The van der Waals surface area contributed by atoms with E-state index < -0.39 is 0 Å². The molecule has 2 aromatic rings. The highest BCUT2D eigenvalue weighted by atomic mass is 19.1. The van der Waals surface area contributed by atoms with Crippen LogP contribution in [0, 0.1) is 18.7 Å². The Kier molecular flexibility index (Phi) is 8.15. The third kappa shape index (κ3) is 5.93. The summed E-state index contributed by atoms with van der Waals surface area (Å²) in [7, 11) is 0. The smallest absolute Gasteiger partial charge is 0.226 e. The van der Waals surface area contributed by atoms with Gasteiger partial charge in [-0.05, 0) is 55.9 Å². The second-order valence-electron chi connectivity index (χ2n) is 10.1. The topological polar surface area (TPSA) is 40.6 Å². The predicted molar refractivity (Wildman–Crippen MR) is 133 cm³/mol. The predicted octanol–water partition coefficient (Wildman–Crippen LogP) is 5.10. The van der Waals surface area contributed by atoms with Crippen LogP contribution in [0.25, 0.3) is 0 Å². The lowest BCUT2D eigenvalue weighted by molar-refractivity contribution is -0.140. The molecule has 2 fully saturated rings. The number of hydrogen-bond acceptors (Lipinski definition) is 3. The fraction of sp³-hybridized carbons (Fsp3) is 0.517. The molecule has 4 rings (SSSR count). The summed E-state index contributed by atoms with van der Waals surface area (Å²) >= 11 is 0. The molecule has 5 heteroatoms. The van der Waals surface area contributed by atoms with E-state index in [-0.39, 0.29) is 23.6 Å². The van der Waals surface area contributed by atoms with Crippen LogP contribution in [-0.2, 0) is 29.0 Å². The van der Waals surface area contributed by atoms with Crippen molar-refractivity contribution in [2.45, 2.75) is 71.4 Å². The minimum atomic E-state index is -0.213. The zero-order valence-electron chi connectivity index (χ0n) is 20.6. The Morgan fingerprint density at radius 3 is 2.47 bits per heavy atom. The summed E-state index contributed by atoms with van der Waals surface area (Å²) in [5.74, 6) is 0.472. The number of carbonyl (C=O) groups is 2. The van der Waals surface area contributed by atoms with Gasteiger partial charge in [0, 0.05) is 56.5 Å². The Hall–Kier alpha value is -2.53. The maximum absolute atomic E-state index is 14.8. The molecule has 1 aliphatic heterocycles. The van der Waals surface area contributed by atoms with E-state index in [4.69, 9.17) is 0 Å². The maximum Gasteiger partial charge on any atom is 0.226 e. The van der Waals surface area contributed by atoms with Gasteiger partial charge in [0.15, 0.2) is 0 Å². The first-order valence-corrected chi connectivity index (χ1v) is 12.8. The molecular weight excluding hydrogens is 427 g/mol. The van der Waals surface area contributed by atoms with E-state index in [1.54, 1.807) is 6.07 Å². The fourth-order valence-electron chi connectivity index (χ4n) is 5.52. The van der Waals surface area contributed by atoms with E-state index >= 15 is 0 Å². The second kappa shape index (κ2) is 11.3. The number of hydrogen-bond donors (Lipinski definition) is 0. The summed E-state index contributed by atoms with van der Waals surface area (Å²) in [5, 5.41) is 0. The number of nitrogens with zero attached hydrogens (tertiary/aromatic N) is 2. The number of halogens is 1. The van der Waals surface area contributed by atoms with E-state index in [2.05, 4.69) is 11.8 Å². The monoisotopic (exact) mass is 464 g/mol. The van der Waals surface area contributed by atoms with E-state index in [0.29, 0.717) is 37.4 Å². The van der Waals surface area contributed by atoms with Crippen LogP contribution in [-0.4, -0.2) is 47.2 Å². The molecule has 0 unspecified atom stereocenters. The molecule has 2 aliphatic rings. The molecule has 0 spiro atoms. The first-order valence-electron chi connectivity index (χ1n) is 12.8. The number of carbonyl (C=O) groups excluding carboxylic acids is 2. The van der Waals surface area contributed by atoms with E-state index in [9.17, 15) is 14.0 Å². The molecule has 0 N–H and O–H groups in total. The number of aryl methyl sites for hydroxylation is 1. The van der Waals surface area contributed by atoms with Gasteiger partial charge >= 0.3 is 0 Å². The number of benzene rings is 2. The van der Waals surface area contributed by atoms with Gasteiger partial charge in [-0.15, -0.1) is 0 Å². The summed E-state index contributed by atoms with van der Waals surface area (Å²) in [4.78, 5) is 29.8. The largest absolute Gasteiger partial charge is 0.337 e. The van der Waals surface area contributed by atoms with Crippen molar-refractivity contribution in [2.24, 2.45) is 5.92 Å². The van der Waals surface area contributed by atoms with Crippen molar-refractivity contribution in [3.05, 3.63) is 70.5 Å². The van der Waals surface area contributed by atoms with Gasteiger partial charge in [-0.1, -0.05) is 49.2 Å². The van der Waals surface area contributed by atoms with Crippen LogP contribution < -0.4 is 0 Å². The Morgan fingerprint density at radius 2 is 1.76 bits per heavy atom. The summed E-state index contributed by atoms with van der Waals surface area (Å²) in [6, 6.07) is 13.4. The SMILES string of the molecule is Cc1c(CC(=O)CCc2ccccc2)ccc(F)c1CN1CCN(C(=O)C2CCCC2)[C@@H](C)C1. The van der Waals surface area contributed by atoms with Crippen molar-refractivity contribution in [2.75, 3.05) is 19.6 Å². The lowest BCUT2D eigenvalue weighted by Crippen LogP contribution is -2.54. The van der Waals surface area contributed by atoms with Gasteiger partial charge in [0.05, 0.1) is 0 Å². The van der Waals surface area contributed by atoms with Crippen molar-refractivity contribution >= 4 is 11.7 Å². The summed E-state index contributed by atoms with van der Waals surface area (Å²) in [6.07, 6.45) is 5.92. The Balaban J connectivity index is 1.35. The highest BCUT2D eigenvalue weighted by Crippen LogP contribution is 2.28. The highest BCUT2D eigenvalue weighted by molar-refractivity contribution is 5.81. The second-order valence-corrected chi connectivity index (χ2v) is 10.1. The average molecular weight is 465 g/mol. The lowest BCUT2D eigenvalue weighted by Gasteiger charge is -2.41. The molecule has 4 nitrogen and oxygen atoms in total. The van der Waals surface area contributed by atoms with Crippen LogP contribution in [0.5, 0.6) is 0 Å².